The van der Waals surface area contributed by atoms with Crippen molar-refractivity contribution in [1.29, 1.82) is 0 Å². The Hall–Kier alpha value is -5.29. The Morgan fingerprint density at radius 3 is 1.92 bits per heavy atom. The molecule has 0 N–H and O–H groups in total. The lowest BCUT2D eigenvalue weighted by Crippen LogP contribution is -2.30. The molecule has 0 saturated heterocycles. The Kier molecular flexibility index (Phi) is 11.7. The van der Waals surface area contributed by atoms with Crippen LogP contribution in [-0.4, -0.2) is 31.8 Å². The maximum atomic E-state index is 13.7. The van der Waals surface area contributed by atoms with Crippen molar-refractivity contribution in [3.63, 3.8) is 0 Å². The van der Waals surface area contributed by atoms with Gasteiger partial charge in [0.1, 0.15) is 18.1 Å². The SMILES string of the molecule is C=O.CCCCCCOc1ccc(C2(c3ccc(C)c(C(C)=O)c3)c3cc(C)ccc3-c3ccc(-c4ccc(C)cc4)cc32)cc1C(=O)OCC. The minimum Gasteiger partial charge on any atom is -0.493 e. The third kappa shape index (κ3) is 7.16. The summed E-state index contributed by atoms with van der Waals surface area (Å²) in [6.07, 6.45) is 4.29. The molecule has 0 aromatic heterocycles. The highest BCUT2D eigenvalue weighted by Gasteiger charge is 2.47. The van der Waals surface area contributed by atoms with Crippen molar-refractivity contribution < 1.29 is 23.9 Å². The van der Waals surface area contributed by atoms with Gasteiger partial charge in [0.15, 0.2) is 5.78 Å². The number of carbonyl (C=O) groups is 3. The molecule has 1 aliphatic carbocycles. The van der Waals surface area contributed by atoms with E-state index in [4.69, 9.17) is 14.3 Å². The fraction of sp³-hybridized carbons (Fsp3) is 0.283. The summed E-state index contributed by atoms with van der Waals surface area (Å²) in [5.74, 6) is 0.135. The second-order valence-corrected chi connectivity index (χ2v) is 13.4. The lowest BCUT2D eigenvalue weighted by molar-refractivity contribution is -0.0980. The minimum atomic E-state index is -0.837. The van der Waals surface area contributed by atoms with Crippen LogP contribution in [0.15, 0.2) is 97.1 Å². The molecule has 51 heavy (non-hydrogen) atoms. The Balaban J connectivity index is 0.00000248. The van der Waals surface area contributed by atoms with Gasteiger partial charge in [0.25, 0.3) is 0 Å². The van der Waals surface area contributed by atoms with Gasteiger partial charge in [-0.25, -0.2) is 4.79 Å². The second-order valence-electron chi connectivity index (χ2n) is 13.4. The molecule has 0 radical (unpaired) electrons. The van der Waals surface area contributed by atoms with E-state index in [-0.39, 0.29) is 12.4 Å². The van der Waals surface area contributed by atoms with Gasteiger partial charge >= 0.3 is 5.97 Å². The molecule has 0 heterocycles. The van der Waals surface area contributed by atoms with E-state index >= 15 is 0 Å². The molecule has 0 saturated carbocycles. The van der Waals surface area contributed by atoms with Crippen molar-refractivity contribution in [1.82, 2.24) is 0 Å². The average molecular weight is 681 g/mol. The van der Waals surface area contributed by atoms with Crippen LogP contribution in [0, 0.1) is 20.8 Å². The highest BCUT2D eigenvalue weighted by Crippen LogP contribution is 2.57. The van der Waals surface area contributed by atoms with E-state index in [2.05, 4.69) is 99.6 Å². The van der Waals surface area contributed by atoms with Crippen molar-refractivity contribution in [2.75, 3.05) is 13.2 Å². The van der Waals surface area contributed by atoms with Gasteiger partial charge in [0.05, 0.1) is 18.6 Å². The zero-order valence-electron chi connectivity index (χ0n) is 30.7. The standard InChI is InChI=1S/C45H46O4.CH2O/c1-7-9-10-11-24-49-43-23-20-36(28-40(43)44(47)48-8-2)45(35-19-15-31(5)39(27-35)32(6)46)41-25-30(4)14-21-37(41)38-22-18-34(26-42(38)45)33-16-12-29(3)13-17-33;1-2/h12-23,25-28H,7-11,24H2,1-6H3;1H2. The van der Waals surface area contributed by atoms with Crippen molar-refractivity contribution in [3.05, 3.63) is 147 Å². The van der Waals surface area contributed by atoms with Crippen LogP contribution in [0.1, 0.15) is 106 Å². The molecule has 1 unspecified atom stereocenters. The summed E-state index contributed by atoms with van der Waals surface area (Å²) in [6, 6.07) is 34.2. The van der Waals surface area contributed by atoms with Crippen LogP contribution >= 0.6 is 0 Å². The average Bonchev–Trinajstić information content (AvgIpc) is 3.42. The van der Waals surface area contributed by atoms with E-state index in [9.17, 15) is 9.59 Å². The van der Waals surface area contributed by atoms with Crippen LogP contribution in [0.4, 0.5) is 0 Å². The van der Waals surface area contributed by atoms with Gasteiger partial charge in [-0.3, -0.25) is 4.79 Å². The molecule has 0 bridgehead atoms. The largest absolute Gasteiger partial charge is 0.493 e. The number of hydrogen-bond acceptors (Lipinski definition) is 5. The molecule has 5 aromatic carbocycles. The molecule has 1 aliphatic rings. The Morgan fingerprint density at radius 2 is 1.25 bits per heavy atom. The monoisotopic (exact) mass is 680 g/mol. The van der Waals surface area contributed by atoms with Gasteiger partial charge in [0, 0.05) is 5.56 Å². The summed E-state index contributed by atoms with van der Waals surface area (Å²) in [5.41, 5.74) is 12.1. The molecule has 5 nitrogen and oxygen atoms in total. The number of esters is 1. The number of hydrogen-bond donors (Lipinski definition) is 0. The zero-order valence-corrected chi connectivity index (χ0v) is 30.7. The molecule has 0 aliphatic heterocycles. The van der Waals surface area contributed by atoms with E-state index < -0.39 is 11.4 Å². The summed E-state index contributed by atoms with van der Waals surface area (Å²) in [6.45, 7) is 14.6. The molecule has 262 valence electrons. The minimum absolute atomic E-state index is 0.0182. The quantitative estimate of drug-likeness (QED) is 0.0731. The summed E-state index contributed by atoms with van der Waals surface area (Å²) in [5, 5.41) is 0. The smallest absolute Gasteiger partial charge is 0.341 e. The first-order valence-corrected chi connectivity index (χ1v) is 17.9. The van der Waals surface area contributed by atoms with Crippen LogP contribution in [-0.2, 0) is 14.9 Å². The zero-order chi connectivity index (χ0) is 36.7. The van der Waals surface area contributed by atoms with Crippen molar-refractivity contribution >= 4 is 18.5 Å². The van der Waals surface area contributed by atoms with E-state index in [1.807, 2.05) is 38.8 Å². The molecule has 1 atom stereocenters. The van der Waals surface area contributed by atoms with E-state index in [0.29, 0.717) is 23.5 Å². The van der Waals surface area contributed by atoms with Crippen LogP contribution < -0.4 is 4.74 Å². The fourth-order valence-electron chi connectivity index (χ4n) is 7.35. The third-order valence-electron chi connectivity index (χ3n) is 9.89. The van der Waals surface area contributed by atoms with Crippen LogP contribution in [0.25, 0.3) is 22.3 Å². The summed E-state index contributed by atoms with van der Waals surface area (Å²) in [4.78, 5) is 34.7. The maximum Gasteiger partial charge on any atom is 0.341 e. The molecule has 6 rings (SSSR count). The van der Waals surface area contributed by atoms with Crippen molar-refractivity contribution in [2.45, 2.75) is 72.6 Å². The molecule has 0 spiro atoms. The van der Waals surface area contributed by atoms with Crippen LogP contribution in [0.5, 0.6) is 5.75 Å². The highest BCUT2D eigenvalue weighted by atomic mass is 16.5. The van der Waals surface area contributed by atoms with Crippen molar-refractivity contribution in [2.24, 2.45) is 0 Å². The Bertz CT molecular complexity index is 2040. The number of fused-ring (bicyclic) bond motifs is 3. The molecule has 5 aromatic rings. The number of aryl methyl sites for hydroxylation is 3. The lowest BCUT2D eigenvalue weighted by Gasteiger charge is -2.35. The number of carbonyl (C=O) groups excluding carboxylic acids is 3. The Labute approximate surface area is 302 Å². The molecular weight excluding hydrogens is 633 g/mol. The highest BCUT2D eigenvalue weighted by molar-refractivity contribution is 5.97. The predicted molar refractivity (Wildman–Crippen MR) is 206 cm³/mol. The van der Waals surface area contributed by atoms with E-state index in [0.717, 1.165) is 81.3 Å². The number of ketones is 1. The number of rotatable bonds is 12. The maximum absolute atomic E-state index is 13.7. The topological polar surface area (TPSA) is 69.7 Å². The van der Waals surface area contributed by atoms with Gasteiger partial charge in [0.2, 0.25) is 0 Å². The first-order valence-electron chi connectivity index (χ1n) is 17.9. The van der Waals surface area contributed by atoms with Gasteiger partial charge in [-0.05, 0) is 115 Å². The molecule has 5 heteroatoms. The number of unbranched alkanes of at least 4 members (excludes halogenated alkanes) is 3. The third-order valence-corrected chi connectivity index (χ3v) is 9.89. The van der Waals surface area contributed by atoms with Gasteiger partial charge in [-0.2, -0.15) is 0 Å². The number of ether oxygens (including phenoxy) is 2. The van der Waals surface area contributed by atoms with E-state index in [1.165, 1.54) is 5.56 Å². The van der Waals surface area contributed by atoms with Gasteiger partial charge in [-0.1, -0.05) is 110 Å². The lowest BCUT2D eigenvalue weighted by atomic mass is 9.66. The number of benzene rings is 5. The predicted octanol–water partition coefficient (Wildman–Crippen LogP) is 10.8. The molecule has 0 fully saturated rings. The van der Waals surface area contributed by atoms with Gasteiger partial charge < -0.3 is 14.3 Å². The molecule has 0 amide bonds. The van der Waals surface area contributed by atoms with Crippen LogP contribution in [0.2, 0.25) is 0 Å². The normalized spacial score (nSPS) is 14.2. The van der Waals surface area contributed by atoms with Crippen molar-refractivity contribution in [3.8, 4) is 28.0 Å². The first kappa shape index (κ1) is 37.0. The van der Waals surface area contributed by atoms with Crippen LogP contribution in [0.3, 0.4) is 0 Å². The second kappa shape index (κ2) is 16.2. The first-order chi connectivity index (χ1) is 24.7. The number of Topliss-reactive ketones (excluding diaryl/α,β-unsaturated/α-hetero) is 1. The summed E-state index contributed by atoms with van der Waals surface area (Å²) < 4.78 is 11.9. The van der Waals surface area contributed by atoms with Gasteiger partial charge in [-0.15, -0.1) is 0 Å². The fourth-order valence-corrected chi connectivity index (χ4v) is 7.35. The van der Waals surface area contributed by atoms with E-state index in [1.54, 1.807) is 6.92 Å². The summed E-state index contributed by atoms with van der Waals surface area (Å²) >= 11 is 0. The summed E-state index contributed by atoms with van der Waals surface area (Å²) in [7, 11) is 0. The Morgan fingerprint density at radius 1 is 0.647 bits per heavy atom. The molecular formula is C46H48O5.